The zero-order chi connectivity index (χ0) is 16.0. The predicted molar refractivity (Wildman–Crippen MR) is 85.9 cm³/mol. The van der Waals surface area contributed by atoms with Crippen LogP contribution in [0, 0.1) is 29.1 Å². The molecule has 0 aromatic carbocycles. The minimum Gasteiger partial charge on any atom is -0.481 e. The Labute approximate surface area is 137 Å². The van der Waals surface area contributed by atoms with Crippen LogP contribution in [0.2, 0.25) is 0 Å². The second-order valence-electron chi connectivity index (χ2n) is 8.68. The molecule has 0 unspecified atom stereocenters. The molecule has 5 rings (SSSR count). The van der Waals surface area contributed by atoms with Crippen molar-refractivity contribution in [1.82, 2.24) is 10.2 Å². The Bertz CT molecular complexity index is 461. The van der Waals surface area contributed by atoms with Crippen LogP contribution in [0.15, 0.2) is 0 Å². The highest BCUT2D eigenvalue weighted by molar-refractivity contribution is 5.75. The molecule has 1 aliphatic heterocycles. The number of rotatable bonds is 3. The van der Waals surface area contributed by atoms with Gasteiger partial charge in [0.05, 0.1) is 5.92 Å². The number of carbonyl (C=O) groups excluding carboxylic acids is 1. The number of aliphatic carboxylic acids is 1. The topological polar surface area (TPSA) is 69.6 Å². The summed E-state index contributed by atoms with van der Waals surface area (Å²) < 4.78 is 0. The minimum absolute atomic E-state index is 0.0181. The Kier molecular flexibility index (Phi) is 3.77. The van der Waals surface area contributed by atoms with Gasteiger partial charge < -0.3 is 15.3 Å². The SMILES string of the molecule is O=C(O)C1CCN(C(=O)NCC23CC4CC(CC(C4)C2)C3)CC1. The summed E-state index contributed by atoms with van der Waals surface area (Å²) in [5, 5.41) is 12.2. The number of carboxylic acid groups (broad SMARTS) is 1. The molecule has 1 heterocycles. The molecular weight excluding hydrogens is 292 g/mol. The second kappa shape index (κ2) is 5.67. The standard InChI is InChI=1S/C18H28N2O3/c21-16(22)15-1-3-20(4-2-15)17(23)19-11-18-8-12-5-13(9-18)7-14(6-12)10-18/h12-15H,1-11H2,(H,19,23)(H,21,22). The monoisotopic (exact) mass is 320 g/mol. The zero-order valence-electron chi connectivity index (χ0n) is 13.8. The van der Waals surface area contributed by atoms with Gasteiger partial charge in [-0.15, -0.1) is 0 Å². The van der Waals surface area contributed by atoms with Crippen LogP contribution < -0.4 is 5.32 Å². The maximum Gasteiger partial charge on any atom is 0.317 e. The highest BCUT2D eigenvalue weighted by atomic mass is 16.4. The van der Waals surface area contributed by atoms with Crippen molar-refractivity contribution in [2.45, 2.75) is 51.4 Å². The lowest BCUT2D eigenvalue weighted by molar-refractivity contribution is -0.143. The van der Waals surface area contributed by atoms with Crippen LogP contribution >= 0.6 is 0 Å². The van der Waals surface area contributed by atoms with E-state index in [-0.39, 0.29) is 11.9 Å². The molecule has 4 bridgehead atoms. The van der Waals surface area contributed by atoms with Crippen molar-refractivity contribution in [3.05, 3.63) is 0 Å². The molecule has 128 valence electrons. The van der Waals surface area contributed by atoms with Crippen molar-refractivity contribution < 1.29 is 14.7 Å². The van der Waals surface area contributed by atoms with E-state index in [9.17, 15) is 9.59 Å². The molecule has 2 N–H and O–H groups in total. The number of carbonyl (C=O) groups is 2. The van der Waals surface area contributed by atoms with E-state index in [0.29, 0.717) is 31.3 Å². The van der Waals surface area contributed by atoms with Crippen LogP contribution in [-0.2, 0) is 4.79 Å². The van der Waals surface area contributed by atoms with Gasteiger partial charge in [0.15, 0.2) is 0 Å². The number of hydrogen-bond acceptors (Lipinski definition) is 2. The van der Waals surface area contributed by atoms with Gasteiger partial charge in [-0.2, -0.15) is 0 Å². The Morgan fingerprint density at radius 3 is 2.00 bits per heavy atom. The van der Waals surface area contributed by atoms with Gasteiger partial charge in [-0.25, -0.2) is 4.79 Å². The minimum atomic E-state index is -0.723. The molecule has 0 aromatic heterocycles. The molecule has 4 saturated carbocycles. The Morgan fingerprint density at radius 2 is 1.52 bits per heavy atom. The average Bonchev–Trinajstić information content (AvgIpc) is 2.51. The second-order valence-corrected chi connectivity index (χ2v) is 8.68. The molecule has 0 spiro atoms. The van der Waals surface area contributed by atoms with Crippen LogP contribution in [0.5, 0.6) is 0 Å². The largest absolute Gasteiger partial charge is 0.481 e. The van der Waals surface area contributed by atoms with E-state index in [2.05, 4.69) is 5.32 Å². The molecule has 0 atom stereocenters. The molecule has 0 aromatic rings. The lowest BCUT2D eigenvalue weighted by Gasteiger charge is -2.57. The summed E-state index contributed by atoms with van der Waals surface area (Å²) >= 11 is 0. The molecule has 2 amide bonds. The first kappa shape index (κ1) is 15.3. The normalized spacial score (nSPS) is 39.5. The third-order valence-electron chi connectivity index (χ3n) is 6.91. The van der Waals surface area contributed by atoms with Crippen molar-refractivity contribution in [2.24, 2.45) is 29.1 Å². The first-order chi connectivity index (χ1) is 11.0. The number of nitrogens with one attached hydrogen (secondary N) is 1. The molecule has 4 aliphatic carbocycles. The maximum atomic E-state index is 12.4. The van der Waals surface area contributed by atoms with E-state index in [0.717, 1.165) is 24.3 Å². The highest BCUT2D eigenvalue weighted by Crippen LogP contribution is 2.59. The highest BCUT2D eigenvalue weighted by Gasteiger charge is 2.50. The van der Waals surface area contributed by atoms with Gasteiger partial charge in [-0.1, -0.05) is 0 Å². The smallest absolute Gasteiger partial charge is 0.317 e. The lowest BCUT2D eigenvalue weighted by Crippen LogP contribution is -2.53. The summed E-state index contributed by atoms with van der Waals surface area (Å²) in [6.45, 7) is 1.97. The third kappa shape index (κ3) is 2.94. The summed E-state index contributed by atoms with van der Waals surface area (Å²) in [5.74, 6) is 1.72. The van der Waals surface area contributed by atoms with E-state index in [1.807, 2.05) is 0 Å². The summed E-state index contributed by atoms with van der Waals surface area (Å²) in [5.41, 5.74) is 0.365. The van der Waals surface area contributed by atoms with Crippen LogP contribution in [0.4, 0.5) is 4.79 Å². The van der Waals surface area contributed by atoms with Crippen LogP contribution in [0.3, 0.4) is 0 Å². The fourth-order valence-corrected chi connectivity index (χ4v) is 6.21. The number of likely N-dealkylation sites (tertiary alicyclic amines) is 1. The summed E-state index contributed by atoms with van der Waals surface area (Å²) in [4.78, 5) is 25.2. The van der Waals surface area contributed by atoms with E-state index in [1.54, 1.807) is 4.90 Å². The van der Waals surface area contributed by atoms with E-state index in [1.165, 1.54) is 38.5 Å². The van der Waals surface area contributed by atoms with Gasteiger partial charge in [0.1, 0.15) is 0 Å². The molecule has 1 saturated heterocycles. The molecule has 23 heavy (non-hydrogen) atoms. The summed E-state index contributed by atoms with van der Waals surface area (Å²) in [7, 11) is 0. The fraction of sp³-hybridized carbons (Fsp3) is 0.889. The van der Waals surface area contributed by atoms with Gasteiger partial charge in [0.25, 0.3) is 0 Å². The Hall–Kier alpha value is -1.26. The van der Waals surface area contributed by atoms with Crippen molar-refractivity contribution in [3.63, 3.8) is 0 Å². The van der Waals surface area contributed by atoms with Gasteiger partial charge in [-0.05, 0) is 74.5 Å². The number of hydrogen-bond donors (Lipinski definition) is 2. The Morgan fingerprint density at radius 1 is 1.00 bits per heavy atom. The van der Waals surface area contributed by atoms with Crippen LogP contribution in [0.1, 0.15) is 51.4 Å². The average molecular weight is 320 g/mol. The number of piperidine rings is 1. The van der Waals surface area contributed by atoms with Crippen LogP contribution in [-0.4, -0.2) is 41.6 Å². The molecule has 0 radical (unpaired) electrons. The Balaban J connectivity index is 1.30. The van der Waals surface area contributed by atoms with Gasteiger partial charge in [0, 0.05) is 19.6 Å². The maximum absolute atomic E-state index is 12.4. The first-order valence-electron chi connectivity index (χ1n) is 9.29. The van der Waals surface area contributed by atoms with E-state index >= 15 is 0 Å². The molecule has 5 aliphatic rings. The quantitative estimate of drug-likeness (QED) is 0.840. The van der Waals surface area contributed by atoms with Crippen molar-refractivity contribution >= 4 is 12.0 Å². The lowest BCUT2D eigenvalue weighted by atomic mass is 9.49. The number of carboxylic acids is 1. The first-order valence-corrected chi connectivity index (χ1v) is 9.29. The predicted octanol–water partition coefficient (Wildman–Crippen LogP) is 2.71. The molecule has 5 nitrogen and oxygen atoms in total. The number of amides is 2. The summed E-state index contributed by atoms with van der Waals surface area (Å²) in [6, 6.07) is 0.0181. The molecular formula is C18H28N2O3. The fourth-order valence-electron chi connectivity index (χ4n) is 6.21. The van der Waals surface area contributed by atoms with E-state index in [4.69, 9.17) is 5.11 Å². The van der Waals surface area contributed by atoms with Gasteiger partial charge >= 0.3 is 12.0 Å². The molecule has 5 heteroatoms. The third-order valence-corrected chi connectivity index (χ3v) is 6.91. The van der Waals surface area contributed by atoms with Crippen molar-refractivity contribution in [2.75, 3.05) is 19.6 Å². The molecule has 5 fully saturated rings. The van der Waals surface area contributed by atoms with Gasteiger partial charge in [0.2, 0.25) is 0 Å². The van der Waals surface area contributed by atoms with Crippen LogP contribution in [0.25, 0.3) is 0 Å². The van der Waals surface area contributed by atoms with E-state index < -0.39 is 5.97 Å². The van der Waals surface area contributed by atoms with Crippen molar-refractivity contribution in [3.8, 4) is 0 Å². The number of urea groups is 1. The zero-order valence-corrected chi connectivity index (χ0v) is 13.8. The number of nitrogens with zero attached hydrogens (tertiary/aromatic N) is 1. The van der Waals surface area contributed by atoms with Gasteiger partial charge in [-0.3, -0.25) is 4.79 Å². The summed E-state index contributed by atoms with van der Waals surface area (Å²) in [6.07, 6.45) is 9.36. The van der Waals surface area contributed by atoms with Crippen molar-refractivity contribution in [1.29, 1.82) is 0 Å².